The molecule has 102 valence electrons. The van der Waals surface area contributed by atoms with Crippen LogP contribution in [0.4, 0.5) is 5.95 Å². The topological polar surface area (TPSA) is 78.0 Å². The second-order valence-corrected chi connectivity index (χ2v) is 7.77. The van der Waals surface area contributed by atoms with Gasteiger partial charge in [-0.25, -0.2) is 13.4 Å². The van der Waals surface area contributed by atoms with Crippen molar-refractivity contribution in [3.63, 3.8) is 0 Å². The Morgan fingerprint density at radius 3 is 2.79 bits per heavy atom. The van der Waals surface area contributed by atoms with Crippen molar-refractivity contribution in [3.05, 3.63) is 23.8 Å². The molecule has 19 heavy (non-hydrogen) atoms. The third kappa shape index (κ3) is 1.82. The van der Waals surface area contributed by atoms with Gasteiger partial charge in [0.1, 0.15) is 0 Å². The number of nitrogens with zero attached hydrogens (tertiary/aromatic N) is 2. The lowest BCUT2D eigenvalue weighted by atomic mass is 10.0. The highest BCUT2D eigenvalue weighted by molar-refractivity contribution is 7.91. The molecule has 0 bridgehead atoms. The van der Waals surface area contributed by atoms with E-state index in [1.54, 1.807) is 0 Å². The smallest absolute Gasteiger partial charge is 0.201 e. The monoisotopic (exact) mass is 279 g/mol. The summed E-state index contributed by atoms with van der Waals surface area (Å²) in [6.45, 7) is 3.92. The minimum absolute atomic E-state index is 0.129. The molecule has 0 saturated carbocycles. The van der Waals surface area contributed by atoms with Gasteiger partial charge in [0, 0.05) is 0 Å². The van der Waals surface area contributed by atoms with E-state index >= 15 is 0 Å². The molecule has 1 unspecified atom stereocenters. The van der Waals surface area contributed by atoms with Crippen molar-refractivity contribution < 1.29 is 8.42 Å². The largest absolute Gasteiger partial charge is 0.369 e. The number of hydrogen-bond acceptors (Lipinski definition) is 4. The van der Waals surface area contributed by atoms with E-state index < -0.39 is 15.4 Å². The van der Waals surface area contributed by atoms with Gasteiger partial charge >= 0.3 is 0 Å². The molecule has 0 spiro atoms. The Kier molecular flexibility index (Phi) is 2.44. The minimum atomic E-state index is -2.98. The van der Waals surface area contributed by atoms with Crippen LogP contribution in [0.1, 0.15) is 18.9 Å². The number of fused-ring (bicyclic) bond motifs is 1. The van der Waals surface area contributed by atoms with Crippen molar-refractivity contribution in [1.82, 2.24) is 9.55 Å². The number of para-hydroxylation sites is 1. The molecule has 1 aromatic heterocycles. The van der Waals surface area contributed by atoms with Crippen LogP contribution in [0.3, 0.4) is 0 Å². The number of anilines is 1. The molecular formula is C13H17N3O2S. The Labute approximate surface area is 112 Å². The van der Waals surface area contributed by atoms with Crippen LogP contribution in [0.5, 0.6) is 0 Å². The Hall–Kier alpha value is -1.56. The molecular weight excluding hydrogens is 262 g/mol. The SMILES string of the molecule is Cc1cccc2c1nc(N)n2C1(C)CCS(=O)(=O)C1. The molecule has 2 heterocycles. The van der Waals surface area contributed by atoms with E-state index in [0.717, 1.165) is 16.6 Å². The first kappa shape index (κ1) is 12.5. The fourth-order valence-electron chi connectivity index (χ4n) is 2.99. The summed E-state index contributed by atoms with van der Waals surface area (Å²) in [6.07, 6.45) is 0.582. The number of hydrogen-bond donors (Lipinski definition) is 1. The number of sulfone groups is 1. The van der Waals surface area contributed by atoms with Crippen molar-refractivity contribution in [2.75, 3.05) is 17.2 Å². The predicted molar refractivity (Wildman–Crippen MR) is 75.8 cm³/mol. The summed E-state index contributed by atoms with van der Waals surface area (Å²) in [5.74, 6) is 0.738. The van der Waals surface area contributed by atoms with Crippen LogP contribution in [0.15, 0.2) is 18.2 Å². The first-order valence-electron chi connectivity index (χ1n) is 6.27. The van der Waals surface area contributed by atoms with Crippen molar-refractivity contribution in [2.24, 2.45) is 0 Å². The van der Waals surface area contributed by atoms with Crippen LogP contribution in [-0.2, 0) is 15.4 Å². The van der Waals surface area contributed by atoms with Crippen molar-refractivity contribution in [3.8, 4) is 0 Å². The minimum Gasteiger partial charge on any atom is -0.369 e. The van der Waals surface area contributed by atoms with Gasteiger partial charge in [0.15, 0.2) is 9.84 Å². The molecule has 1 atom stereocenters. The molecule has 1 saturated heterocycles. The van der Waals surface area contributed by atoms with Crippen LogP contribution >= 0.6 is 0 Å². The highest BCUT2D eigenvalue weighted by Gasteiger charge is 2.41. The first-order chi connectivity index (χ1) is 8.82. The van der Waals surface area contributed by atoms with E-state index in [9.17, 15) is 8.42 Å². The zero-order valence-electron chi connectivity index (χ0n) is 11.0. The zero-order chi connectivity index (χ0) is 13.8. The number of imidazole rings is 1. The predicted octanol–water partition coefficient (Wildman–Crippen LogP) is 1.46. The van der Waals surface area contributed by atoms with Crippen LogP contribution in [0, 0.1) is 6.92 Å². The summed E-state index contributed by atoms with van der Waals surface area (Å²) >= 11 is 0. The number of nitrogen functional groups attached to an aromatic ring is 1. The summed E-state index contributed by atoms with van der Waals surface area (Å²) in [7, 11) is -2.98. The quantitative estimate of drug-likeness (QED) is 0.857. The maximum Gasteiger partial charge on any atom is 0.201 e. The highest BCUT2D eigenvalue weighted by Crippen LogP contribution is 2.36. The fourth-order valence-corrected chi connectivity index (χ4v) is 5.11. The van der Waals surface area contributed by atoms with E-state index in [2.05, 4.69) is 4.98 Å². The summed E-state index contributed by atoms with van der Waals surface area (Å²) in [4.78, 5) is 4.40. The molecule has 2 N–H and O–H groups in total. The Morgan fingerprint density at radius 1 is 1.42 bits per heavy atom. The average Bonchev–Trinajstić information content (AvgIpc) is 2.77. The van der Waals surface area contributed by atoms with E-state index in [0.29, 0.717) is 12.4 Å². The second-order valence-electron chi connectivity index (χ2n) is 5.59. The molecule has 1 aliphatic heterocycles. The van der Waals surface area contributed by atoms with Gasteiger partial charge in [0.05, 0.1) is 28.1 Å². The lowest BCUT2D eigenvalue weighted by Gasteiger charge is -2.26. The fraction of sp³-hybridized carbons (Fsp3) is 0.462. The lowest BCUT2D eigenvalue weighted by Crippen LogP contribution is -2.32. The van der Waals surface area contributed by atoms with Gasteiger partial charge in [-0.1, -0.05) is 12.1 Å². The van der Waals surface area contributed by atoms with E-state index in [1.807, 2.05) is 36.6 Å². The molecule has 1 aromatic carbocycles. The van der Waals surface area contributed by atoms with Gasteiger partial charge in [-0.15, -0.1) is 0 Å². The Bertz CT molecular complexity index is 764. The van der Waals surface area contributed by atoms with E-state index in [-0.39, 0.29) is 11.5 Å². The first-order valence-corrected chi connectivity index (χ1v) is 8.09. The van der Waals surface area contributed by atoms with Gasteiger partial charge in [-0.05, 0) is 31.9 Å². The van der Waals surface area contributed by atoms with Crippen molar-refractivity contribution >= 4 is 26.8 Å². The van der Waals surface area contributed by atoms with Crippen LogP contribution in [0.2, 0.25) is 0 Å². The molecule has 5 nitrogen and oxygen atoms in total. The standard InChI is InChI=1S/C13H17N3O2S/c1-9-4-3-5-10-11(9)15-12(14)16(10)13(2)6-7-19(17,18)8-13/h3-5H,6-8H2,1-2H3,(H2,14,15). The molecule has 6 heteroatoms. The lowest BCUT2D eigenvalue weighted by molar-refractivity contribution is 0.381. The van der Waals surface area contributed by atoms with Gasteiger partial charge in [-0.3, -0.25) is 0 Å². The number of aromatic nitrogens is 2. The molecule has 1 fully saturated rings. The van der Waals surface area contributed by atoms with Gasteiger partial charge in [0.25, 0.3) is 0 Å². The molecule has 1 aliphatic rings. The molecule has 0 aliphatic carbocycles. The maximum absolute atomic E-state index is 11.8. The number of benzene rings is 1. The van der Waals surface area contributed by atoms with E-state index in [4.69, 9.17) is 5.73 Å². The summed E-state index contributed by atoms with van der Waals surface area (Å²) in [5, 5.41) is 0. The highest BCUT2D eigenvalue weighted by atomic mass is 32.2. The summed E-state index contributed by atoms with van der Waals surface area (Å²) in [5.41, 5.74) is 8.35. The molecule has 3 rings (SSSR count). The molecule has 0 radical (unpaired) electrons. The zero-order valence-corrected chi connectivity index (χ0v) is 11.9. The molecule has 2 aromatic rings. The van der Waals surface area contributed by atoms with Crippen LogP contribution in [-0.4, -0.2) is 29.5 Å². The second kappa shape index (κ2) is 3.72. The summed E-state index contributed by atoms with van der Waals surface area (Å²) in [6, 6.07) is 5.87. The number of aryl methyl sites for hydroxylation is 1. The number of rotatable bonds is 1. The van der Waals surface area contributed by atoms with Gasteiger partial charge < -0.3 is 10.3 Å². The molecule has 0 amide bonds. The number of nitrogens with two attached hydrogens (primary N) is 1. The normalized spacial score (nSPS) is 26.0. The third-order valence-electron chi connectivity index (χ3n) is 3.94. The van der Waals surface area contributed by atoms with Crippen molar-refractivity contribution in [2.45, 2.75) is 25.8 Å². The van der Waals surface area contributed by atoms with Crippen LogP contribution in [0.25, 0.3) is 11.0 Å². The van der Waals surface area contributed by atoms with Gasteiger partial charge in [0.2, 0.25) is 5.95 Å². The summed E-state index contributed by atoms with van der Waals surface area (Å²) < 4.78 is 25.5. The third-order valence-corrected chi connectivity index (χ3v) is 5.82. The maximum atomic E-state index is 11.8. The van der Waals surface area contributed by atoms with Crippen molar-refractivity contribution in [1.29, 1.82) is 0 Å². The Morgan fingerprint density at radius 2 is 2.16 bits per heavy atom. The van der Waals surface area contributed by atoms with Crippen LogP contribution < -0.4 is 5.73 Å². The van der Waals surface area contributed by atoms with E-state index in [1.165, 1.54) is 0 Å². The average molecular weight is 279 g/mol. The van der Waals surface area contributed by atoms with Gasteiger partial charge in [-0.2, -0.15) is 0 Å². The Balaban J connectivity index is 2.27.